The molecule has 2 aromatic heterocycles. The highest BCUT2D eigenvalue weighted by atomic mass is 32.1. The van der Waals surface area contributed by atoms with Gasteiger partial charge in [-0.15, -0.1) is 11.3 Å². The highest BCUT2D eigenvalue weighted by molar-refractivity contribution is 7.18. The third kappa shape index (κ3) is 2.14. The van der Waals surface area contributed by atoms with Gasteiger partial charge in [-0.05, 0) is 26.3 Å². The van der Waals surface area contributed by atoms with Gasteiger partial charge in [0.15, 0.2) is 0 Å². The molecule has 0 bridgehead atoms. The number of nitrogens with zero attached hydrogens (tertiary/aromatic N) is 3. The molecule has 106 valence electrons. The van der Waals surface area contributed by atoms with Crippen LogP contribution in [0.2, 0.25) is 0 Å². The molecular formula is C14H18N4OS. The first-order chi connectivity index (χ1) is 9.58. The number of fused-ring (bicyclic) bond motifs is 1. The number of amides is 1. The maximum atomic E-state index is 11.6. The summed E-state index contributed by atoms with van der Waals surface area (Å²) < 4.78 is 0. The fourth-order valence-electron chi connectivity index (χ4n) is 2.68. The standard InChI is InChI=1S/C14H18N4OS/c1-8-6-11(19)15-4-5-18(8)13-12-9(2)10(3)20-14(12)17-7-16-13/h7-8H,4-6H2,1-3H3,(H,15,19)/t8-/m1/s1. The fourth-order valence-corrected chi connectivity index (χ4v) is 3.67. The summed E-state index contributed by atoms with van der Waals surface area (Å²) in [5.41, 5.74) is 1.25. The zero-order chi connectivity index (χ0) is 14.3. The summed E-state index contributed by atoms with van der Waals surface area (Å²) in [5, 5.41) is 4.06. The first-order valence-electron chi connectivity index (χ1n) is 6.82. The number of aromatic nitrogens is 2. The van der Waals surface area contributed by atoms with Gasteiger partial charge >= 0.3 is 0 Å². The monoisotopic (exact) mass is 290 g/mol. The van der Waals surface area contributed by atoms with Crippen molar-refractivity contribution in [1.29, 1.82) is 0 Å². The van der Waals surface area contributed by atoms with Crippen LogP contribution in [0.4, 0.5) is 5.82 Å². The van der Waals surface area contributed by atoms with Crippen LogP contribution in [0.5, 0.6) is 0 Å². The van der Waals surface area contributed by atoms with E-state index in [9.17, 15) is 4.79 Å². The van der Waals surface area contributed by atoms with Gasteiger partial charge in [-0.2, -0.15) is 0 Å². The minimum absolute atomic E-state index is 0.114. The lowest BCUT2D eigenvalue weighted by Crippen LogP contribution is -2.35. The molecule has 0 saturated carbocycles. The smallest absolute Gasteiger partial charge is 0.222 e. The quantitative estimate of drug-likeness (QED) is 0.873. The van der Waals surface area contributed by atoms with E-state index in [2.05, 4.69) is 41.0 Å². The molecule has 1 N–H and O–H groups in total. The average Bonchev–Trinajstić information content (AvgIpc) is 2.59. The van der Waals surface area contributed by atoms with Gasteiger partial charge in [0.05, 0.1) is 5.39 Å². The van der Waals surface area contributed by atoms with Gasteiger partial charge in [0.1, 0.15) is 17.0 Å². The van der Waals surface area contributed by atoms with E-state index in [0.717, 1.165) is 22.6 Å². The molecule has 3 rings (SSSR count). The SMILES string of the molecule is Cc1sc2ncnc(N3CCNC(=O)C[C@H]3C)c2c1C. The van der Waals surface area contributed by atoms with E-state index in [0.29, 0.717) is 13.0 Å². The number of hydrogen-bond acceptors (Lipinski definition) is 5. The van der Waals surface area contributed by atoms with Crippen LogP contribution in [0.15, 0.2) is 6.33 Å². The zero-order valence-electron chi connectivity index (χ0n) is 11.9. The Balaban J connectivity index is 2.11. The zero-order valence-corrected chi connectivity index (χ0v) is 12.8. The number of rotatable bonds is 1. The van der Waals surface area contributed by atoms with Crippen LogP contribution in [-0.4, -0.2) is 35.0 Å². The summed E-state index contributed by atoms with van der Waals surface area (Å²) >= 11 is 1.70. The van der Waals surface area contributed by atoms with Crippen LogP contribution in [-0.2, 0) is 4.79 Å². The highest BCUT2D eigenvalue weighted by Crippen LogP contribution is 2.35. The molecule has 0 spiro atoms. The molecule has 3 heterocycles. The minimum atomic E-state index is 0.114. The molecule has 1 aliphatic heterocycles. The Morgan fingerprint density at radius 3 is 3.00 bits per heavy atom. The number of anilines is 1. The topological polar surface area (TPSA) is 58.1 Å². The maximum absolute atomic E-state index is 11.6. The number of carbonyl (C=O) groups is 1. The predicted molar refractivity (Wildman–Crippen MR) is 81.3 cm³/mol. The predicted octanol–water partition coefficient (Wildman–Crippen LogP) is 2.02. The van der Waals surface area contributed by atoms with E-state index < -0.39 is 0 Å². The largest absolute Gasteiger partial charge is 0.354 e. The molecule has 1 saturated heterocycles. The van der Waals surface area contributed by atoms with Crippen molar-refractivity contribution < 1.29 is 4.79 Å². The number of thiophene rings is 1. The van der Waals surface area contributed by atoms with E-state index in [-0.39, 0.29) is 11.9 Å². The lowest BCUT2D eigenvalue weighted by molar-refractivity contribution is -0.120. The average molecular weight is 290 g/mol. The normalized spacial score (nSPS) is 20.1. The fraction of sp³-hybridized carbons (Fsp3) is 0.500. The second-order valence-electron chi connectivity index (χ2n) is 5.26. The second kappa shape index (κ2) is 5.01. The third-order valence-electron chi connectivity index (χ3n) is 3.91. The van der Waals surface area contributed by atoms with Crippen LogP contribution < -0.4 is 10.2 Å². The van der Waals surface area contributed by atoms with Crippen molar-refractivity contribution in [2.45, 2.75) is 33.2 Å². The van der Waals surface area contributed by atoms with Crippen LogP contribution in [0.3, 0.4) is 0 Å². The Kier molecular flexibility index (Phi) is 3.33. The van der Waals surface area contributed by atoms with Crippen molar-refractivity contribution in [3.8, 4) is 0 Å². The summed E-state index contributed by atoms with van der Waals surface area (Å²) in [6, 6.07) is 0.148. The number of carbonyl (C=O) groups excluding carboxylic acids is 1. The van der Waals surface area contributed by atoms with Gasteiger partial charge in [0.25, 0.3) is 0 Å². The summed E-state index contributed by atoms with van der Waals surface area (Å²) in [5.74, 6) is 1.07. The van der Waals surface area contributed by atoms with Crippen molar-refractivity contribution in [3.05, 3.63) is 16.8 Å². The third-order valence-corrected chi connectivity index (χ3v) is 5.02. The van der Waals surface area contributed by atoms with E-state index in [4.69, 9.17) is 0 Å². The molecule has 5 nitrogen and oxygen atoms in total. The van der Waals surface area contributed by atoms with E-state index in [1.54, 1.807) is 17.7 Å². The lowest BCUT2D eigenvalue weighted by atomic mass is 10.1. The van der Waals surface area contributed by atoms with Crippen LogP contribution in [0, 0.1) is 13.8 Å². The first kappa shape index (κ1) is 13.3. The van der Waals surface area contributed by atoms with E-state index in [1.165, 1.54) is 10.4 Å². The lowest BCUT2D eigenvalue weighted by Gasteiger charge is -2.27. The highest BCUT2D eigenvalue weighted by Gasteiger charge is 2.25. The molecular weight excluding hydrogens is 272 g/mol. The summed E-state index contributed by atoms with van der Waals surface area (Å²) in [7, 11) is 0. The van der Waals surface area contributed by atoms with Gasteiger partial charge in [-0.25, -0.2) is 9.97 Å². The molecule has 1 atom stereocenters. The molecule has 6 heteroatoms. The Hall–Kier alpha value is -1.69. The Morgan fingerprint density at radius 1 is 1.40 bits per heavy atom. The van der Waals surface area contributed by atoms with Crippen molar-refractivity contribution in [1.82, 2.24) is 15.3 Å². The molecule has 1 amide bonds. The maximum Gasteiger partial charge on any atom is 0.222 e. The summed E-state index contributed by atoms with van der Waals surface area (Å²) in [4.78, 5) is 25.0. The number of aryl methyl sites for hydroxylation is 2. The van der Waals surface area contributed by atoms with Gasteiger partial charge in [0, 0.05) is 30.4 Å². The molecule has 1 aliphatic rings. The van der Waals surface area contributed by atoms with Gasteiger partial charge in [-0.1, -0.05) is 0 Å². The Bertz CT molecular complexity index is 666. The van der Waals surface area contributed by atoms with Crippen molar-refractivity contribution in [3.63, 3.8) is 0 Å². The summed E-state index contributed by atoms with van der Waals surface area (Å²) in [6.07, 6.45) is 2.13. The number of nitrogens with one attached hydrogen (secondary N) is 1. The van der Waals surface area contributed by atoms with Crippen LogP contribution in [0.25, 0.3) is 10.2 Å². The first-order valence-corrected chi connectivity index (χ1v) is 7.63. The molecule has 0 aliphatic carbocycles. The molecule has 0 radical (unpaired) electrons. The molecule has 0 unspecified atom stereocenters. The molecule has 20 heavy (non-hydrogen) atoms. The van der Waals surface area contributed by atoms with Crippen molar-refractivity contribution in [2.24, 2.45) is 0 Å². The Morgan fingerprint density at radius 2 is 2.20 bits per heavy atom. The molecule has 2 aromatic rings. The van der Waals surface area contributed by atoms with E-state index in [1.807, 2.05) is 0 Å². The number of hydrogen-bond donors (Lipinski definition) is 1. The summed E-state index contributed by atoms with van der Waals surface area (Å²) in [6.45, 7) is 7.76. The minimum Gasteiger partial charge on any atom is -0.354 e. The Labute approximate surface area is 122 Å². The van der Waals surface area contributed by atoms with E-state index >= 15 is 0 Å². The van der Waals surface area contributed by atoms with Crippen LogP contribution in [0.1, 0.15) is 23.8 Å². The van der Waals surface area contributed by atoms with Gasteiger partial charge in [-0.3, -0.25) is 4.79 Å². The van der Waals surface area contributed by atoms with Crippen molar-refractivity contribution in [2.75, 3.05) is 18.0 Å². The second-order valence-corrected chi connectivity index (χ2v) is 6.46. The van der Waals surface area contributed by atoms with Crippen molar-refractivity contribution >= 4 is 33.3 Å². The molecule has 1 fully saturated rings. The molecule has 0 aromatic carbocycles. The van der Waals surface area contributed by atoms with Gasteiger partial charge < -0.3 is 10.2 Å². The van der Waals surface area contributed by atoms with Crippen LogP contribution >= 0.6 is 11.3 Å². The van der Waals surface area contributed by atoms with Gasteiger partial charge in [0.2, 0.25) is 5.91 Å².